The number of guanidine groups is 1. The van der Waals surface area contributed by atoms with Gasteiger partial charge in [-0.1, -0.05) is 6.07 Å². The van der Waals surface area contributed by atoms with E-state index in [9.17, 15) is 0 Å². The van der Waals surface area contributed by atoms with E-state index in [0.717, 1.165) is 76.3 Å². The van der Waals surface area contributed by atoms with E-state index in [4.69, 9.17) is 9.73 Å². The van der Waals surface area contributed by atoms with Gasteiger partial charge in [0.15, 0.2) is 11.8 Å². The molecule has 1 N–H and O–H groups in total. The molecule has 2 fully saturated rings. The molecule has 2 aromatic rings. The zero-order valence-corrected chi connectivity index (χ0v) is 20.9. The van der Waals surface area contributed by atoms with Gasteiger partial charge in [0.05, 0.1) is 6.10 Å². The number of aliphatic imine (C=N–C) groups is 1. The van der Waals surface area contributed by atoms with Crippen LogP contribution in [0.15, 0.2) is 22.5 Å². The van der Waals surface area contributed by atoms with E-state index in [1.54, 1.807) is 0 Å². The van der Waals surface area contributed by atoms with Gasteiger partial charge in [-0.2, -0.15) is 0 Å². The Labute approximate surface area is 199 Å². The van der Waals surface area contributed by atoms with Gasteiger partial charge in [0, 0.05) is 57.8 Å². The third-order valence-corrected chi connectivity index (χ3v) is 6.56. The highest BCUT2D eigenvalue weighted by atomic mass is 127. The third kappa shape index (κ3) is 6.14. The normalized spacial score (nSPS) is 20.4. The lowest BCUT2D eigenvalue weighted by Gasteiger charge is -2.36. The zero-order valence-electron chi connectivity index (χ0n) is 17.8. The summed E-state index contributed by atoms with van der Waals surface area (Å²) in [5.41, 5.74) is 0. The Bertz CT molecular complexity index is 796. The second-order valence-corrected chi connectivity index (χ2v) is 8.75. The van der Waals surface area contributed by atoms with Crippen molar-refractivity contribution in [2.24, 2.45) is 12.0 Å². The molecule has 0 bridgehead atoms. The number of halogens is 1. The van der Waals surface area contributed by atoms with Crippen LogP contribution in [0.2, 0.25) is 0 Å². The van der Waals surface area contributed by atoms with Crippen LogP contribution in [0.25, 0.3) is 0 Å². The van der Waals surface area contributed by atoms with E-state index in [1.807, 2.05) is 29.9 Å². The maximum absolute atomic E-state index is 5.78. The Balaban J connectivity index is 0.00000256. The Morgan fingerprint density at radius 3 is 2.77 bits per heavy atom. The van der Waals surface area contributed by atoms with Crippen LogP contribution in [-0.2, 0) is 24.9 Å². The Morgan fingerprint density at radius 2 is 2.13 bits per heavy atom. The van der Waals surface area contributed by atoms with Crippen molar-refractivity contribution in [3.63, 3.8) is 0 Å². The standard InChI is InChI=1S/C20H31N7OS.HI/c1-16-23-24-19(25(16)2)14-22-20(21-13-17-5-3-11-28-17)27-9-7-26(8-10-27)15-18-6-4-12-29-18;/h4,6,12,17H,3,5,7-11,13-15H2,1-2H3,(H,21,22);1H. The summed E-state index contributed by atoms with van der Waals surface area (Å²) in [6.45, 7) is 9.25. The summed E-state index contributed by atoms with van der Waals surface area (Å²) >= 11 is 1.83. The van der Waals surface area contributed by atoms with Gasteiger partial charge in [-0.05, 0) is 31.2 Å². The molecule has 0 aliphatic carbocycles. The molecule has 2 aliphatic heterocycles. The molecule has 4 rings (SSSR count). The summed E-state index contributed by atoms with van der Waals surface area (Å²) in [5.74, 6) is 2.75. The molecule has 2 aromatic heterocycles. The van der Waals surface area contributed by atoms with E-state index in [1.165, 1.54) is 4.88 Å². The smallest absolute Gasteiger partial charge is 0.194 e. The van der Waals surface area contributed by atoms with Crippen LogP contribution in [0.4, 0.5) is 0 Å². The van der Waals surface area contributed by atoms with Crippen molar-refractivity contribution in [2.45, 2.75) is 39.0 Å². The molecule has 0 aromatic carbocycles. The number of ether oxygens (including phenoxy) is 1. The minimum absolute atomic E-state index is 0. The van der Waals surface area contributed by atoms with Crippen LogP contribution >= 0.6 is 35.3 Å². The van der Waals surface area contributed by atoms with Crippen LogP contribution < -0.4 is 5.32 Å². The Kier molecular flexibility index (Phi) is 8.90. The molecule has 0 radical (unpaired) electrons. The van der Waals surface area contributed by atoms with Crippen molar-refractivity contribution < 1.29 is 4.74 Å². The first-order valence-corrected chi connectivity index (χ1v) is 11.3. The molecule has 0 amide bonds. The van der Waals surface area contributed by atoms with Gasteiger partial charge in [0.1, 0.15) is 12.4 Å². The fraction of sp³-hybridized carbons (Fsp3) is 0.650. The summed E-state index contributed by atoms with van der Waals surface area (Å²) in [6, 6.07) is 4.35. The summed E-state index contributed by atoms with van der Waals surface area (Å²) in [4.78, 5) is 11.2. The number of nitrogens with zero attached hydrogens (tertiary/aromatic N) is 6. The van der Waals surface area contributed by atoms with Crippen molar-refractivity contribution in [3.05, 3.63) is 34.0 Å². The first kappa shape index (κ1) is 23.4. The number of piperazine rings is 1. The molecule has 0 spiro atoms. The SMILES string of the molecule is Cc1nnc(CN=C(NCC2CCCO2)N2CCN(Cc3cccs3)CC2)n1C.I. The van der Waals surface area contributed by atoms with Crippen molar-refractivity contribution in [1.29, 1.82) is 0 Å². The summed E-state index contributed by atoms with van der Waals surface area (Å²) in [7, 11) is 1.99. The predicted molar refractivity (Wildman–Crippen MR) is 130 cm³/mol. The first-order valence-electron chi connectivity index (χ1n) is 10.4. The van der Waals surface area contributed by atoms with Gasteiger partial charge in [0.2, 0.25) is 0 Å². The molecule has 2 saturated heterocycles. The summed E-state index contributed by atoms with van der Waals surface area (Å²) in [5, 5.41) is 14.1. The lowest BCUT2D eigenvalue weighted by atomic mass is 10.2. The molecule has 1 unspecified atom stereocenters. The zero-order chi connectivity index (χ0) is 20.1. The monoisotopic (exact) mass is 545 g/mol. The lowest BCUT2D eigenvalue weighted by molar-refractivity contribution is 0.112. The van der Waals surface area contributed by atoms with Crippen molar-refractivity contribution in [1.82, 2.24) is 29.9 Å². The van der Waals surface area contributed by atoms with E-state index < -0.39 is 0 Å². The third-order valence-electron chi connectivity index (χ3n) is 5.70. The van der Waals surface area contributed by atoms with Gasteiger partial charge in [-0.15, -0.1) is 45.5 Å². The van der Waals surface area contributed by atoms with E-state index in [-0.39, 0.29) is 30.1 Å². The number of thiophene rings is 1. The van der Waals surface area contributed by atoms with Crippen molar-refractivity contribution >= 4 is 41.3 Å². The van der Waals surface area contributed by atoms with Gasteiger partial charge < -0.3 is 19.5 Å². The highest BCUT2D eigenvalue weighted by Crippen LogP contribution is 2.14. The topological polar surface area (TPSA) is 70.8 Å². The number of nitrogens with one attached hydrogen (secondary N) is 1. The maximum atomic E-state index is 5.78. The average Bonchev–Trinajstić information content (AvgIpc) is 3.49. The molecule has 4 heterocycles. The minimum atomic E-state index is 0. The second-order valence-electron chi connectivity index (χ2n) is 7.72. The molecule has 2 aliphatic rings. The number of rotatable bonds is 6. The quantitative estimate of drug-likeness (QED) is 0.341. The van der Waals surface area contributed by atoms with Gasteiger partial charge >= 0.3 is 0 Å². The van der Waals surface area contributed by atoms with Crippen molar-refractivity contribution in [2.75, 3.05) is 39.3 Å². The highest BCUT2D eigenvalue weighted by Gasteiger charge is 2.22. The number of aryl methyl sites for hydroxylation is 1. The maximum Gasteiger partial charge on any atom is 0.194 e. The molecule has 30 heavy (non-hydrogen) atoms. The molecule has 1 atom stereocenters. The average molecular weight is 545 g/mol. The fourth-order valence-corrected chi connectivity index (χ4v) is 4.50. The molecule has 10 heteroatoms. The Morgan fingerprint density at radius 1 is 1.30 bits per heavy atom. The van der Waals surface area contributed by atoms with Gasteiger partial charge in [-0.25, -0.2) is 4.99 Å². The Hall–Kier alpha value is -1.24. The molecular formula is C20H32IN7OS. The van der Waals surface area contributed by atoms with E-state index in [0.29, 0.717) is 6.54 Å². The van der Waals surface area contributed by atoms with Crippen LogP contribution in [0.3, 0.4) is 0 Å². The lowest BCUT2D eigenvalue weighted by Crippen LogP contribution is -2.53. The van der Waals surface area contributed by atoms with Gasteiger partial charge in [0.25, 0.3) is 0 Å². The van der Waals surface area contributed by atoms with Crippen LogP contribution in [0.5, 0.6) is 0 Å². The van der Waals surface area contributed by atoms with Crippen LogP contribution in [0.1, 0.15) is 29.4 Å². The largest absolute Gasteiger partial charge is 0.376 e. The van der Waals surface area contributed by atoms with Crippen molar-refractivity contribution in [3.8, 4) is 0 Å². The van der Waals surface area contributed by atoms with Crippen LogP contribution in [0, 0.1) is 6.92 Å². The fourth-order valence-electron chi connectivity index (χ4n) is 3.75. The highest BCUT2D eigenvalue weighted by molar-refractivity contribution is 14.0. The molecule has 0 saturated carbocycles. The number of hydrogen-bond donors (Lipinski definition) is 1. The first-order chi connectivity index (χ1) is 14.2. The van der Waals surface area contributed by atoms with E-state index >= 15 is 0 Å². The number of aromatic nitrogens is 3. The van der Waals surface area contributed by atoms with Gasteiger partial charge in [-0.3, -0.25) is 4.90 Å². The minimum Gasteiger partial charge on any atom is -0.376 e. The molecule has 8 nitrogen and oxygen atoms in total. The second kappa shape index (κ2) is 11.4. The number of hydrogen-bond acceptors (Lipinski definition) is 6. The summed E-state index contributed by atoms with van der Waals surface area (Å²) < 4.78 is 7.78. The predicted octanol–water partition coefficient (Wildman–Crippen LogP) is 2.25. The molecular weight excluding hydrogens is 513 g/mol. The molecule has 166 valence electrons. The summed E-state index contributed by atoms with van der Waals surface area (Å²) in [6.07, 6.45) is 2.56. The van der Waals surface area contributed by atoms with E-state index in [2.05, 4.69) is 42.8 Å². The van der Waals surface area contributed by atoms with Crippen LogP contribution in [-0.4, -0.2) is 76.0 Å².